The van der Waals surface area contributed by atoms with E-state index >= 15 is 0 Å². The molecule has 0 radical (unpaired) electrons. The Morgan fingerprint density at radius 2 is 2.00 bits per heavy atom. The minimum Gasteiger partial charge on any atom is -0.460 e. The van der Waals surface area contributed by atoms with Crippen molar-refractivity contribution in [3.05, 3.63) is 53.2 Å². The molecule has 10 heteroatoms. The van der Waals surface area contributed by atoms with Gasteiger partial charge in [0.2, 0.25) is 5.88 Å². The second-order valence-electron chi connectivity index (χ2n) is 8.44. The smallest absolute Gasteiger partial charge is 0.233 e. The number of terminal acetylenes is 1. The molecule has 33 heavy (non-hydrogen) atoms. The highest BCUT2D eigenvalue weighted by molar-refractivity contribution is 7.93. The molecule has 0 bridgehead atoms. The summed E-state index contributed by atoms with van der Waals surface area (Å²) in [5.74, 6) is 0.557. The van der Waals surface area contributed by atoms with Crippen molar-refractivity contribution in [2.24, 2.45) is 10.7 Å². The minimum absolute atomic E-state index is 0.0100. The zero-order valence-corrected chi connectivity index (χ0v) is 19.5. The van der Waals surface area contributed by atoms with Gasteiger partial charge in [-0.15, -0.1) is 6.42 Å². The fourth-order valence-corrected chi connectivity index (χ4v) is 4.95. The summed E-state index contributed by atoms with van der Waals surface area (Å²) in [5, 5.41) is 0. The van der Waals surface area contributed by atoms with Gasteiger partial charge < -0.3 is 10.5 Å². The lowest BCUT2D eigenvalue weighted by Gasteiger charge is -2.38. The molecule has 0 spiro atoms. The highest BCUT2D eigenvalue weighted by atomic mass is 32.2. The van der Waals surface area contributed by atoms with Crippen molar-refractivity contribution >= 4 is 27.6 Å². The van der Waals surface area contributed by atoms with Crippen LogP contribution in [0.25, 0.3) is 11.9 Å². The standard InChI is InChI=1S/C23H24F2N4O3S/c1-6-14(2)32-20-12-27-19(11-28-20)18(25)10-15-7-8-17(24)16(9-15)23(5)13-33(30,31)22(3,4)21(26)29-23/h1,7-12,14H,13H2,2-5H3,(H2,26,29)/b18-10-/t14?,23-/m0/s1. The monoisotopic (exact) mass is 474 g/mol. The van der Waals surface area contributed by atoms with Gasteiger partial charge in [-0.25, -0.2) is 27.2 Å². The first-order valence-electron chi connectivity index (χ1n) is 9.99. The predicted octanol–water partition coefficient (Wildman–Crippen LogP) is 3.26. The number of benzene rings is 1. The molecule has 0 amide bonds. The number of nitrogens with two attached hydrogens (primary N) is 1. The Hall–Kier alpha value is -3.32. The van der Waals surface area contributed by atoms with E-state index in [-0.39, 0.29) is 28.5 Å². The first kappa shape index (κ1) is 24.3. The van der Waals surface area contributed by atoms with Crippen LogP contribution >= 0.6 is 0 Å². The third-order valence-electron chi connectivity index (χ3n) is 5.50. The maximum atomic E-state index is 14.8. The number of aromatic nitrogens is 2. The van der Waals surface area contributed by atoms with Crippen LogP contribution in [0.15, 0.2) is 35.6 Å². The molecule has 0 saturated carbocycles. The number of rotatable bonds is 5. The maximum absolute atomic E-state index is 14.8. The van der Waals surface area contributed by atoms with Gasteiger partial charge in [0.1, 0.15) is 27.6 Å². The van der Waals surface area contributed by atoms with Gasteiger partial charge in [-0.2, -0.15) is 0 Å². The second-order valence-corrected chi connectivity index (χ2v) is 11.0. The average Bonchev–Trinajstić information content (AvgIpc) is 2.73. The van der Waals surface area contributed by atoms with E-state index in [1.165, 1.54) is 45.3 Å². The van der Waals surface area contributed by atoms with Crippen molar-refractivity contribution in [3.8, 4) is 18.2 Å². The third-order valence-corrected chi connectivity index (χ3v) is 8.21. The lowest BCUT2D eigenvalue weighted by Crippen LogP contribution is -2.55. The molecule has 0 aliphatic carbocycles. The highest BCUT2D eigenvalue weighted by Crippen LogP contribution is 2.38. The summed E-state index contributed by atoms with van der Waals surface area (Å²) in [5.41, 5.74) is 4.67. The van der Waals surface area contributed by atoms with Crippen molar-refractivity contribution in [1.29, 1.82) is 0 Å². The first-order valence-corrected chi connectivity index (χ1v) is 11.6. The molecule has 2 aromatic rings. The summed E-state index contributed by atoms with van der Waals surface area (Å²) in [6.07, 6.45) is 8.27. The number of amidine groups is 1. The molecule has 2 N–H and O–H groups in total. The number of aliphatic imine (C=N–C) groups is 1. The van der Waals surface area contributed by atoms with Crippen LogP contribution in [-0.4, -0.2) is 40.8 Å². The summed E-state index contributed by atoms with van der Waals surface area (Å²) < 4.78 is 59.0. The van der Waals surface area contributed by atoms with Gasteiger partial charge in [0, 0.05) is 5.56 Å². The Morgan fingerprint density at radius 1 is 1.30 bits per heavy atom. The molecule has 2 atom stereocenters. The number of halogens is 2. The third kappa shape index (κ3) is 4.73. The van der Waals surface area contributed by atoms with E-state index < -0.39 is 43.6 Å². The summed E-state index contributed by atoms with van der Waals surface area (Å²) in [6.45, 7) is 6.04. The SMILES string of the molecule is C#CC(C)Oc1cnc(/C(F)=C/c2ccc(F)c([C@]3(C)CS(=O)(=O)C(C)(C)C(N)=N3)c2)cn1. The van der Waals surface area contributed by atoms with Crippen molar-refractivity contribution in [3.63, 3.8) is 0 Å². The van der Waals surface area contributed by atoms with E-state index in [4.69, 9.17) is 16.9 Å². The van der Waals surface area contributed by atoms with Gasteiger partial charge in [0.25, 0.3) is 0 Å². The number of hydrogen-bond donors (Lipinski definition) is 1. The van der Waals surface area contributed by atoms with Gasteiger partial charge >= 0.3 is 0 Å². The van der Waals surface area contributed by atoms with Gasteiger partial charge in [-0.05, 0) is 51.5 Å². The minimum atomic E-state index is -3.73. The average molecular weight is 475 g/mol. The lowest BCUT2D eigenvalue weighted by atomic mass is 9.91. The van der Waals surface area contributed by atoms with Crippen LogP contribution in [0.3, 0.4) is 0 Å². The van der Waals surface area contributed by atoms with Gasteiger partial charge in [0.15, 0.2) is 21.8 Å². The van der Waals surface area contributed by atoms with Crippen molar-refractivity contribution in [1.82, 2.24) is 9.97 Å². The quantitative estimate of drug-likeness (QED) is 0.667. The summed E-state index contributed by atoms with van der Waals surface area (Å²) >= 11 is 0. The Morgan fingerprint density at radius 3 is 2.58 bits per heavy atom. The fraction of sp³-hybridized carbons (Fsp3) is 0.348. The Kier molecular flexibility index (Phi) is 6.31. The number of sulfone groups is 1. The summed E-state index contributed by atoms with van der Waals surface area (Å²) in [7, 11) is -3.73. The molecule has 1 unspecified atom stereocenters. The number of nitrogens with zero attached hydrogens (tertiary/aromatic N) is 3. The highest BCUT2D eigenvalue weighted by Gasteiger charge is 2.49. The molecule has 2 heterocycles. The van der Waals surface area contributed by atoms with E-state index in [0.717, 1.165) is 12.1 Å². The van der Waals surface area contributed by atoms with Crippen LogP contribution in [0, 0.1) is 18.2 Å². The summed E-state index contributed by atoms with van der Waals surface area (Å²) in [4.78, 5) is 12.2. The van der Waals surface area contributed by atoms with Crippen LogP contribution in [0.2, 0.25) is 0 Å². The van der Waals surface area contributed by atoms with Gasteiger partial charge in [-0.1, -0.05) is 12.0 Å². The molecule has 1 aliphatic heterocycles. The molecule has 3 rings (SSSR count). The second kappa shape index (κ2) is 8.56. The molecule has 1 aromatic heterocycles. The number of ether oxygens (including phenoxy) is 1. The number of hydrogen-bond acceptors (Lipinski definition) is 7. The maximum Gasteiger partial charge on any atom is 0.233 e. The Bertz CT molecular complexity index is 1280. The largest absolute Gasteiger partial charge is 0.460 e. The van der Waals surface area contributed by atoms with Gasteiger partial charge in [0.05, 0.1) is 18.1 Å². The lowest BCUT2D eigenvalue weighted by molar-refractivity contribution is 0.266. The van der Waals surface area contributed by atoms with Crippen LogP contribution in [0.4, 0.5) is 8.78 Å². The molecule has 0 fully saturated rings. The molecule has 1 aromatic carbocycles. The van der Waals surface area contributed by atoms with Gasteiger partial charge in [-0.3, -0.25) is 4.99 Å². The first-order chi connectivity index (χ1) is 15.3. The van der Waals surface area contributed by atoms with Crippen LogP contribution in [0.5, 0.6) is 5.88 Å². The topological polar surface area (TPSA) is 108 Å². The molecular weight excluding hydrogens is 450 g/mol. The van der Waals surface area contributed by atoms with Crippen molar-refractivity contribution in [2.45, 2.75) is 44.1 Å². The zero-order valence-electron chi connectivity index (χ0n) is 18.6. The normalized spacial score (nSPS) is 22.7. The Balaban J connectivity index is 1.96. The zero-order chi connectivity index (χ0) is 24.6. The molecule has 0 saturated heterocycles. The molecular formula is C23H24F2N4O3S. The van der Waals surface area contributed by atoms with E-state index in [1.807, 2.05) is 0 Å². The fourth-order valence-electron chi connectivity index (χ4n) is 3.26. The van der Waals surface area contributed by atoms with Crippen molar-refractivity contribution < 1.29 is 21.9 Å². The van der Waals surface area contributed by atoms with E-state index in [0.29, 0.717) is 0 Å². The molecule has 1 aliphatic rings. The molecule has 7 nitrogen and oxygen atoms in total. The van der Waals surface area contributed by atoms with E-state index in [1.54, 1.807) is 6.92 Å². The Labute approximate surface area is 191 Å². The predicted molar refractivity (Wildman–Crippen MR) is 123 cm³/mol. The van der Waals surface area contributed by atoms with Crippen LogP contribution in [0.1, 0.15) is 44.5 Å². The van der Waals surface area contributed by atoms with Crippen molar-refractivity contribution in [2.75, 3.05) is 5.75 Å². The van der Waals surface area contributed by atoms with Crippen LogP contribution in [-0.2, 0) is 15.4 Å². The van der Waals surface area contributed by atoms with E-state index in [9.17, 15) is 17.2 Å². The molecule has 174 valence electrons. The van der Waals surface area contributed by atoms with E-state index in [2.05, 4.69) is 20.9 Å². The van der Waals surface area contributed by atoms with Crippen LogP contribution < -0.4 is 10.5 Å². The summed E-state index contributed by atoms with van der Waals surface area (Å²) in [6, 6.07) is 3.83.